The lowest BCUT2D eigenvalue weighted by atomic mass is 10.1. The Morgan fingerprint density at radius 1 is 0.800 bits per heavy atom. The van der Waals surface area contributed by atoms with Crippen LogP contribution in [0.2, 0.25) is 0 Å². The fourth-order valence-corrected chi connectivity index (χ4v) is 5.37. The Morgan fingerprint density at radius 2 is 1.44 bits per heavy atom. The number of anilines is 2. The molecule has 0 heterocycles. The number of hydrogen-bond acceptors (Lipinski definition) is 6. The Hall–Kier alpha value is -5.51. The lowest BCUT2D eigenvalue weighted by molar-refractivity contribution is -0.143. The van der Waals surface area contributed by atoms with Crippen LogP contribution in [-0.4, -0.2) is 37.2 Å². The molecule has 1 atom stereocenters. The van der Waals surface area contributed by atoms with Gasteiger partial charge in [0.15, 0.2) is 34.8 Å². The zero-order valence-corrected chi connectivity index (χ0v) is 27.0. The van der Waals surface area contributed by atoms with Crippen LogP contribution >= 0.6 is 11.8 Å². The number of para-hydroxylation sites is 1. The number of carbonyl (C=O) groups excluding carboxylic acids is 3. The Labute approximate surface area is 284 Å². The Morgan fingerprint density at radius 3 is 2.04 bits per heavy atom. The van der Waals surface area contributed by atoms with Crippen molar-refractivity contribution in [2.45, 2.75) is 23.2 Å². The highest BCUT2D eigenvalue weighted by molar-refractivity contribution is 8.00. The van der Waals surface area contributed by atoms with Gasteiger partial charge in [-0.25, -0.2) is 17.6 Å². The van der Waals surface area contributed by atoms with Crippen molar-refractivity contribution < 1.29 is 54.6 Å². The number of benzene rings is 4. The number of nitrogens with one attached hydrogen (secondary N) is 3. The average molecular weight is 722 g/mol. The SMILES string of the molecule is COc1cccc(/C=C(/NC(=O)c2ccccc2)C(=O)Nc2cccc(SC(C)C(=O)Nc3c(F)c(F)c(C(F)(F)F)c(F)c3F)c2)c1OC. The summed E-state index contributed by atoms with van der Waals surface area (Å²) in [4.78, 5) is 39.6. The first-order chi connectivity index (χ1) is 23.7. The van der Waals surface area contributed by atoms with E-state index in [0.29, 0.717) is 16.2 Å². The summed E-state index contributed by atoms with van der Waals surface area (Å²) in [5.41, 5.74) is -3.88. The summed E-state index contributed by atoms with van der Waals surface area (Å²) < 4.78 is 106. The van der Waals surface area contributed by atoms with Crippen LogP contribution in [0.4, 0.5) is 42.1 Å². The number of alkyl halides is 3. The maximum Gasteiger partial charge on any atom is 0.422 e. The molecule has 0 saturated carbocycles. The van der Waals surface area contributed by atoms with E-state index in [9.17, 15) is 45.1 Å². The van der Waals surface area contributed by atoms with Crippen LogP contribution in [0.15, 0.2) is 83.4 Å². The summed E-state index contributed by atoms with van der Waals surface area (Å²) in [7, 11) is 2.82. The molecule has 0 fully saturated rings. The van der Waals surface area contributed by atoms with Gasteiger partial charge in [0.2, 0.25) is 5.91 Å². The van der Waals surface area contributed by atoms with Gasteiger partial charge in [-0.3, -0.25) is 14.4 Å². The second-order valence-corrected chi connectivity index (χ2v) is 11.6. The Balaban J connectivity index is 1.56. The summed E-state index contributed by atoms with van der Waals surface area (Å²) >= 11 is 0.777. The van der Waals surface area contributed by atoms with E-state index in [1.807, 2.05) is 0 Å². The Kier molecular flexibility index (Phi) is 11.8. The first kappa shape index (κ1) is 37.3. The molecule has 0 aliphatic heterocycles. The molecular weight excluding hydrogens is 695 g/mol. The molecule has 0 radical (unpaired) electrons. The van der Waals surface area contributed by atoms with E-state index in [1.54, 1.807) is 53.8 Å². The number of halogens is 7. The first-order valence-electron chi connectivity index (χ1n) is 14.3. The predicted octanol–water partition coefficient (Wildman–Crippen LogP) is 7.81. The topological polar surface area (TPSA) is 106 Å². The van der Waals surface area contributed by atoms with Crippen molar-refractivity contribution in [3.05, 3.63) is 118 Å². The second-order valence-electron chi connectivity index (χ2n) is 10.2. The van der Waals surface area contributed by atoms with Gasteiger partial charge >= 0.3 is 6.18 Å². The number of amides is 3. The minimum Gasteiger partial charge on any atom is -0.493 e. The highest BCUT2D eigenvalue weighted by atomic mass is 32.2. The average Bonchev–Trinajstić information content (AvgIpc) is 3.08. The maximum absolute atomic E-state index is 14.3. The van der Waals surface area contributed by atoms with Gasteiger partial charge in [-0.15, -0.1) is 11.8 Å². The van der Waals surface area contributed by atoms with E-state index in [2.05, 4.69) is 10.6 Å². The molecule has 0 bridgehead atoms. The molecule has 0 saturated heterocycles. The molecule has 4 rings (SSSR count). The van der Waals surface area contributed by atoms with Gasteiger partial charge in [0.1, 0.15) is 16.9 Å². The molecule has 0 spiro atoms. The number of methoxy groups -OCH3 is 2. The molecule has 1 unspecified atom stereocenters. The summed E-state index contributed by atoms with van der Waals surface area (Å²) in [6.07, 6.45) is -4.37. The molecule has 0 aliphatic carbocycles. The molecule has 16 heteroatoms. The van der Waals surface area contributed by atoms with Gasteiger partial charge in [-0.1, -0.05) is 36.4 Å². The highest BCUT2D eigenvalue weighted by Crippen LogP contribution is 2.39. The molecule has 4 aromatic rings. The van der Waals surface area contributed by atoms with E-state index in [0.717, 1.165) is 11.8 Å². The summed E-state index contributed by atoms with van der Waals surface area (Å²) in [6.45, 7) is 1.25. The van der Waals surface area contributed by atoms with E-state index in [4.69, 9.17) is 9.47 Å². The largest absolute Gasteiger partial charge is 0.493 e. The molecule has 262 valence electrons. The molecule has 8 nitrogen and oxygen atoms in total. The van der Waals surface area contributed by atoms with E-state index < -0.39 is 63.7 Å². The van der Waals surface area contributed by atoms with Gasteiger partial charge in [-0.05, 0) is 49.4 Å². The lowest BCUT2D eigenvalue weighted by Gasteiger charge is -2.17. The summed E-state index contributed by atoms with van der Waals surface area (Å²) in [5, 5.41) is 5.58. The van der Waals surface area contributed by atoms with Gasteiger partial charge in [-0.2, -0.15) is 13.2 Å². The molecule has 3 N–H and O–H groups in total. The number of thioether (sulfide) groups is 1. The van der Waals surface area contributed by atoms with Crippen LogP contribution in [0.25, 0.3) is 6.08 Å². The zero-order valence-electron chi connectivity index (χ0n) is 26.2. The molecule has 4 aromatic carbocycles. The third-order valence-electron chi connectivity index (χ3n) is 6.83. The maximum atomic E-state index is 14.3. The minimum absolute atomic E-state index is 0.175. The number of rotatable bonds is 11. The molecule has 0 aliphatic rings. The third kappa shape index (κ3) is 8.55. The van der Waals surface area contributed by atoms with E-state index >= 15 is 0 Å². The normalized spacial score (nSPS) is 12.2. The van der Waals surface area contributed by atoms with Crippen LogP contribution in [0.1, 0.15) is 28.4 Å². The molecule has 50 heavy (non-hydrogen) atoms. The smallest absolute Gasteiger partial charge is 0.422 e. The van der Waals surface area contributed by atoms with Crippen LogP contribution in [0, 0.1) is 23.3 Å². The summed E-state index contributed by atoms with van der Waals surface area (Å²) in [5.74, 6) is -12.2. The molecule has 0 aromatic heterocycles. The molecule has 3 amide bonds. The standard InChI is InChI=1S/C34H26F7N3O5S/c1-17(31(45)44-29-27(37)25(35)24(34(39,40)41)26(36)28(29)38)50-21-13-8-12-20(16-21)42-33(47)22(43-32(46)18-9-5-4-6-10-18)15-19-11-7-14-23(48-2)30(19)49-3/h4-17H,1-3H3,(H,42,47)(H,43,46)(H,44,45)/b22-15+. The van der Waals surface area contributed by atoms with Crippen molar-refractivity contribution in [1.29, 1.82) is 0 Å². The van der Waals surface area contributed by atoms with Crippen LogP contribution in [0.3, 0.4) is 0 Å². The highest BCUT2D eigenvalue weighted by Gasteiger charge is 2.42. The van der Waals surface area contributed by atoms with Crippen molar-refractivity contribution in [3.8, 4) is 11.5 Å². The first-order valence-corrected chi connectivity index (χ1v) is 15.1. The van der Waals surface area contributed by atoms with Crippen LogP contribution in [-0.2, 0) is 15.8 Å². The number of hydrogen-bond donors (Lipinski definition) is 3. The van der Waals surface area contributed by atoms with Crippen molar-refractivity contribution in [3.63, 3.8) is 0 Å². The lowest BCUT2D eigenvalue weighted by Crippen LogP contribution is -2.30. The molecular formula is C34H26F7N3O5S. The quantitative estimate of drug-likeness (QED) is 0.0632. The van der Waals surface area contributed by atoms with E-state index in [1.165, 1.54) is 51.5 Å². The minimum atomic E-state index is -5.74. The van der Waals surface area contributed by atoms with Crippen LogP contribution in [0.5, 0.6) is 11.5 Å². The van der Waals surface area contributed by atoms with Crippen LogP contribution < -0.4 is 25.4 Å². The predicted molar refractivity (Wildman–Crippen MR) is 172 cm³/mol. The van der Waals surface area contributed by atoms with Gasteiger partial charge < -0.3 is 25.4 Å². The van der Waals surface area contributed by atoms with Crippen molar-refractivity contribution in [2.75, 3.05) is 24.9 Å². The van der Waals surface area contributed by atoms with Gasteiger partial charge in [0, 0.05) is 21.7 Å². The third-order valence-corrected chi connectivity index (χ3v) is 7.92. The monoisotopic (exact) mass is 721 g/mol. The van der Waals surface area contributed by atoms with E-state index in [-0.39, 0.29) is 22.7 Å². The van der Waals surface area contributed by atoms with Crippen molar-refractivity contribution in [2.24, 2.45) is 0 Å². The fraction of sp³-hybridized carbons (Fsp3) is 0.147. The second kappa shape index (κ2) is 15.8. The number of ether oxygens (including phenoxy) is 2. The van der Waals surface area contributed by atoms with Gasteiger partial charge in [0.05, 0.1) is 19.5 Å². The summed E-state index contributed by atoms with van der Waals surface area (Å²) in [6, 6.07) is 18.9. The Bertz CT molecular complexity index is 1930. The van der Waals surface area contributed by atoms with Crippen molar-refractivity contribution in [1.82, 2.24) is 5.32 Å². The van der Waals surface area contributed by atoms with Crippen molar-refractivity contribution >= 4 is 46.9 Å². The number of carbonyl (C=O) groups is 3. The van der Waals surface area contributed by atoms with Gasteiger partial charge in [0.25, 0.3) is 11.8 Å². The fourth-order valence-electron chi connectivity index (χ4n) is 4.44. The zero-order chi connectivity index (χ0) is 36.7.